The molecule has 1 heterocycles. The lowest BCUT2D eigenvalue weighted by atomic mass is 10.1. The molecule has 0 fully saturated rings. The molecule has 100 valence electrons. The van der Waals surface area contributed by atoms with Crippen molar-refractivity contribution in [2.24, 2.45) is 0 Å². The van der Waals surface area contributed by atoms with E-state index in [-0.39, 0.29) is 12.1 Å². The van der Waals surface area contributed by atoms with Crippen molar-refractivity contribution in [1.82, 2.24) is 10.5 Å². The topological polar surface area (TPSA) is 67.2 Å². The van der Waals surface area contributed by atoms with E-state index < -0.39 is 0 Å². The van der Waals surface area contributed by atoms with E-state index in [2.05, 4.69) is 31.7 Å². The molecule has 0 radical (unpaired) electrons. The maximum absolute atomic E-state index is 11.8. The second-order valence-electron chi connectivity index (χ2n) is 4.20. The highest BCUT2D eigenvalue weighted by Gasteiger charge is 2.11. The van der Waals surface area contributed by atoms with Gasteiger partial charge in [0.05, 0.1) is 6.04 Å². The quantitative estimate of drug-likeness (QED) is 0.906. The molecular weight excluding hydrogens is 310 g/mol. The summed E-state index contributed by atoms with van der Waals surface area (Å²) in [6.45, 7) is 3.68. The van der Waals surface area contributed by atoms with Crippen molar-refractivity contribution in [1.29, 1.82) is 0 Å². The Kier molecular flexibility index (Phi) is 4.21. The molecule has 1 aromatic carbocycles. The minimum absolute atomic E-state index is 0.106. The zero-order valence-electron chi connectivity index (χ0n) is 10.6. The van der Waals surface area contributed by atoms with Crippen molar-refractivity contribution in [3.63, 3.8) is 0 Å². The fourth-order valence-corrected chi connectivity index (χ4v) is 2.05. The third-order valence-corrected chi connectivity index (χ3v) is 3.06. The molecule has 5 nitrogen and oxygen atoms in total. The zero-order valence-corrected chi connectivity index (χ0v) is 12.2. The fourth-order valence-electron chi connectivity index (χ4n) is 1.63. The summed E-state index contributed by atoms with van der Waals surface area (Å²) in [5.41, 5.74) is 1.01. The maximum Gasteiger partial charge on any atom is 0.320 e. The van der Waals surface area contributed by atoms with Crippen LogP contribution < -0.4 is 10.6 Å². The van der Waals surface area contributed by atoms with E-state index in [0.717, 1.165) is 10.0 Å². The number of halogens is 1. The molecule has 0 bridgehead atoms. The summed E-state index contributed by atoms with van der Waals surface area (Å²) in [7, 11) is 0. The van der Waals surface area contributed by atoms with Crippen LogP contribution in [0, 0.1) is 6.92 Å². The number of urea groups is 1. The molecule has 1 unspecified atom stereocenters. The number of hydrogen-bond donors (Lipinski definition) is 2. The summed E-state index contributed by atoms with van der Waals surface area (Å²) >= 11 is 3.40. The van der Waals surface area contributed by atoms with Crippen LogP contribution in [0.1, 0.15) is 24.3 Å². The van der Waals surface area contributed by atoms with Crippen LogP contribution in [0.25, 0.3) is 0 Å². The minimum Gasteiger partial charge on any atom is -0.360 e. The Bertz CT molecular complexity index is 583. The predicted molar refractivity (Wildman–Crippen MR) is 76.0 cm³/mol. The number of aromatic nitrogens is 1. The van der Waals surface area contributed by atoms with E-state index in [1.165, 1.54) is 0 Å². The third-order valence-electron chi connectivity index (χ3n) is 2.57. The summed E-state index contributed by atoms with van der Waals surface area (Å²) in [5.74, 6) is 1.05. The van der Waals surface area contributed by atoms with Gasteiger partial charge in [-0.15, -0.1) is 0 Å². The lowest BCUT2D eigenvalue weighted by Gasteiger charge is -2.14. The molecule has 0 aliphatic rings. The number of benzene rings is 1. The van der Waals surface area contributed by atoms with Crippen LogP contribution in [0.3, 0.4) is 0 Å². The Morgan fingerprint density at radius 1 is 1.42 bits per heavy atom. The zero-order chi connectivity index (χ0) is 13.8. The van der Waals surface area contributed by atoms with Crippen molar-refractivity contribution in [2.75, 3.05) is 5.32 Å². The minimum atomic E-state index is -0.319. The van der Waals surface area contributed by atoms with E-state index >= 15 is 0 Å². The molecule has 0 spiro atoms. The average Bonchev–Trinajstić information content (AvgIpc) is 2.74. The molecule has 2 aromatic rings. The van der Waals surface area contributed by atoms with Gasteiger partial charge in [0, 0.05) is 10.5 Å². The van der Waals surface area contributed by atoms with Crippen molar-refractivity contribution < 1.29 is 9.32 Å². The van der Waals surface area contributed by atoms with Gasteiger partial charge in [0.1, 0.15) is 5.76 Å². The molecular formula is C13H14BrN3O2. The predicted octanol–water partition coefficient (Wildman–Crippen LogP) is 3.63. The number of rotatable bonds is 3. The number of nitrogens with one attached hydrogen (secondary N) is 2. The number of anilines is 1. The van der Waals surface area contributed by atoms with Gasteiger partial charge >= 0.3 is 6.03 Å². The van der Waals surface area contributed by atoms with Gasteiger partial charge in [-0.05, 0) is 31.5 Å². The molecule has 2 N–H and O–H groups in total. The molecule has 0 aliphatic carbocycles. The average molecular weight is 324 g/mol. The van der Waals surface area contributed by atoms with Crippen LogP contribution in [-0.2, 0) is 0 Å². The van der Waals surface area contributed by atoms with Crippen molar-refractivity contribution >= 4 is 27.8 Å². The number of amides is 2. The summed E-state index contributed by atoms with van der Waals surface area (Å²) in [6.07, 6.45) is 0. The largest absolute Gasteiger partial charge is 0.360 e. The van der Waals surface area contributed by atoms with Crippen molar-refractivity contribution in [3.8, 4) is 0 Å². The molecule has 0 saturated heterocycles. The molecule has 6 heteroatoms. The molecule has 1 aromatic heterocycles. The second-order valence-corrected chi connectivity index (χ2v) is 5.11. The Morgan fingerprint density at radius 3 is 2.84 bits per heavy atom. The van der Waals surface area contributed by atoms with Crippen LogP contribution >= 0.6 is 15.9 Å². The Hall–Kier alpha value is -1.82. The van der Waals surface area contributed by atoms with Crippen LogP contribution in [0.15, 0.2) is 39.3 Å². The number of aryl methyl sites for hydroxylation is 1. The standard InChI is InChI=1S/C13H14BrN3O2/c1-8-6-12(17-19-8)16-13(18)15-9(2)10-4-3-5-11(14)7-10/h3-7,9H,1-2H3,(H2,15,16,17,18). The molecule has 0 saturated carbocycles. The van der Waals surface area contributed by atoms with Gasteiger partial charge in [0.15, 0.2) is 5.82 Å². The van der Waals surface area contributed by atoms with E-state index in [0.29, 0.717) is 11.6 Å². The SMILES string of the molecule is Cc1cc(NC(=O)NC(C)c2cccc(Br)c2)no1. The van der Waals surface area contributed by atoms with Crippen LogP contribution in [0.4, 0.5) is 10.6 Å². The number of carbonyl (C=O) groups excluding carboxylic acids is 1. The first kappa shape index (κ1) is 13.6. The number of nitrogens with zero attached hydrogens (tertiary/aromatic N) is 1. The van der Waals surface area contributed by atoms with E-state index in [1.807, 2.05) is 31.2 Å². The second kappa shape index (κ2) is 5.88. The maximum atomic E-state index is 11.8. The van der Waals surface area contributed by atoms with Crippen molar-refractivity contribution in [2.45, 2.75) is 19.9 Å². The molecule has 2 rings (SSSR count). The number of carbonyl (C=O) groups is 1. The van der Waals surface area contributed by atoms with E-state index in [9.17, 15) is 4.79 Å². The van der Waals surface area contributed by atoms with Gasteiger partial charge in [-0.25, -0.2) is 4.79 Å². The molecule has 2 amide bonds. The lowest BCUT2D eigenvalue weighted by molar-refractivity contribution is 0.249. The number of hydrogen-bond acceptors (Lipinski definition) is 3. The monoisotopic (exact) mass is 323 g/mol. The van der Waals surface area contributed by atoms with E-state index in [1.54, 1.807) is 13.0 Å². The van der Waals surface area contributed by atoms with E-state index in [4.69, 9.17) is 4.52 Å². The first-order valence-corrected chi connectivity index (χ1v) is 6.60. The Labute approximate surface area is 119 Å². The highest BCUT2D eigenvalue weighted by Crippen LogP contribution is 2.18. The van der Waals surface area contributed by atoms with Gasteiger partial charge in [0.2, 0.25) is 0 Å². The fraction of sp³-hybridized carbons (Fsp3) is 0.231. The summed E-state index contributed by atoms with van der Waals surface area (Å²) in [6, 6.07) is 9.02. The smallest absolute Gasteiger partial charge is 0.320 e. The Balaban J connectivity index is 1.95. The van der Waals surface area contributed by atoms with Gasteiger partial charge in [-0.3, -0.25) is 5.32 Å². The van der Waals surface area contributed by atoms with Crippen LogP contribution in [-0.4, -0.2) is 11.2 Å². The van der Waals surface area contributed by atoms with Gasteiger partial charge in [0.25, 0.3) is 0 Å². The van der Waals surface area contributed by atoms with Crippen molar-refractivity contribution in [3.05, 3.63) is 46.1 Å². The normalized spacial score (nSPS) is 11.9. The molecule has 0 aliphatic heterocycles. The molecule has 19 heavy (non-hydrogen) atoms. The van der Waals surface area contributed by atoms with Crippen LogP contribution in [0.2, 0.25) is 0 Å². The highest BCUT2D eigenvalue weighted by atomic mass is 79.9. The highest BCUT2D eigenvalue weighted by molar-refractivity contribution is 9.10. The summed E-state index contributed by atoms with van der Waals surface area (Å²) < 4.78 is 5.85. The summed E-state index contributed by atoms with van der Waals surface area (Å²) in [4.78, 5) is 11.8. The lowest BCUT2D eigenvalue weighted by Crippen LogP contribution is -2.31. The molecule has 1 atom stereocenters. The summed E-state index contributed by atoms with van der Waals surface area (Å²) in [5, 5.41) is 9.14. The van der Waals surface area contributed by atoms with Gasteiger partial charge < -0.3 is 9.84 Å². The first-order chi connectivity index (χ1) is 9.04. The Morgan fingerprint density at radius 2 is 2.21 bits per heavy atom. The van der Waals surface area contributed by atoms with Gasteiger partial charge in [-0.2, -0.15) is 0 Å². The van der Waals surface area contributed by atoms with Crippen LogP contribution in [0.5, 0.6) is 0 Å². The van der Waals surface area contributed by atoms with Gasteiger partial charge in [-0.1, -0.05) is 33.2 Å². The third kappa shape index (κ3) is 3.82. The first-order valence-electron chi connectivity index (χ1n) is 5.81.